The van der Waals surface area contributed by atoms with Crippen LogP contribution in [0.1, 0.15) is 10.7 Å². The molecule has 7 nitrogen and oxygen atoms in total. The number of hydrogen-bond donors (Lipinski definition) is 0. The fraction of sp³-hybridized carbons (Fsp3) is 0.500. The summed E-state index contributed by atoms with van der Waals surface area (Å²) >= 11 is 1.62. The Morgan fingerprint density at radius 1 is 1.29 bits per heavy atom. The number of rotatable bonds is 5. The first kappa shape index (κ1) is 14.6. The largest absolute Gasteiger partial charge is 0.364 e. The molecule has 3 rings (SSSR count). The van der Waals surface area contributed by atoms with Crippen LogP contribution in [0.3, 0.4) is 0 Å². The zero-order valence-electron chi connectivity index (χ0n) is 11.4. The van der Waals surface area contributed by atoms with Crippen LogP contribution in [0.5, 0.6) is 0 Å². The van der Waals surface area contributed by atoms with E-state index in [0.29, 0.717) is 18.8 Å². The molecule has 0 aromatic carbocycles. The molecule has 9 heteroatoms. The van der Waals surface area contributed by atoms with Crippen LogP contribution >= 0.6 is 11.3 Å². The van der Waals surface area contributed by atoms with Crippen molar-refractivity contribution in [2.24, 2.45) is 0 Å². The Kier molecular flexibility index (Phi) is 4.34. The zero-order chi connectivity index (χ0) is 14.7. The third-order valence-corrected chi connectivity index (χ3v) is 5.97. The predicted octanol–water partition coefficient (Wildman–Crippen LogP) is 0.779. The number of nitrogens with zero attached hydrogens (tertiary/aromatic N) is 4. The van der Waals surface area contributed by atoms with Crippen LogP contribution in [0.4, 0.5) is 0 Å². The second-order valence-corrected chi connectivity index (χ2v) is 7.80. The Morgan fingerprint density at radius 3 is 2.71 bits per heavy atom. The third-order valence-electron chi connectivity index (χ3n) is 3.39. The molecule has 2 aromatic heterocycles. The molecule has 2 aromatic rings. The maximum Gasteiger partial charge on any atom is 0.220 e. The molecule has 0 aliphatic carbocycles. The van der Waals surface area contributed by atoms with Crippen LogP contribution in [0, 0.1) is 0 Å². The maximum atomic E-state index is 12.3. The monoisotopic (exact) mass is 328 g/mol. The van der Waals surface area contributed by atoms with Crippen LogP contribution in [0.15, 0.2) is 28.4 Å². The van der Waals surface area contributed by atoms with Gasteiger partial charge in [-0.15, -0.1) is 11.3 Å². The van der Waals surface area contributed by atoms with Gasteiger partial charge in [-0.2, -0.15) is 4.31 Å². The van der Waals surface area contributed by atoms with Gasteiger partial charge in [0.1, 0.15) is 17.0 Å². The standard InChI is InChI=1S/C12H16N4O3S2/c17-21(18,10-11-1-7-19-14-11)16-5-3-15(4-6-16)9-12-13-2-8-20-12/h1-2,7-8H,3-6,9-10H2. The summed E-state index contributed by atoms with van der Waals surface area (Å²) in [4.78, 5) is 6.48. The molecule has 114 valence electrons. The average molecular weight is 328 g/mol. The number of sulfonamides is 1. The van der Waals surface area contributed by atoms with Gasteiger partial charge < -0.3 is 4.52 Å². The average Bonchev–Trinajstić information content (AvgIpc) is 3.13. The van der Waals surface area contributed by atoms with Crippen molar-refractivity contribution in [2.75, 3.05) is 26.2 Å². The summed E-state index contributed by atoms with van der Waals surface area (Å²) < 4.78 is 30.8. The van der Waals surface area contributed by atoms with Crippen molar-refractivity contribution >= 4 is 21.4 Å². The summed E-state index contributed by atoms with van der Waals surface area (Å²) in [7, 11) is -3.32. The first-order valence-corrected chi connectivity index (χ1v) is 9.10. The lowest BCUT2D eigenvalue weighted by Gasteiger charge is -2.33. The smallest absolute Gasteiger partial charge is 0.220 e. The maximum absolute atomic E-state index is 12.3. The molecule has 0 saturated carbocycles. The van der Waals surface area contributed by atoms with Crippen LogP contribution in [0.2, 0.25) is 0 Å². The van der Waals surface area contributed by atoms with Gasteiger partial charge in [0.2, 0.25) is 10.0 Å². The summed E-state index contributed by atoms with van der Waals surface area (Å²) in [5.41, 5.74) is 0.445. The lowest BCUT2D eigenvalue weighted by Crippen LogP contribution is -2.48. The van der Waals surface area contributed by atoms with Crippen molar-refractivity contribution in [2.45, 2.75) is 12.3 Å². The zero-order valence-corrected chi connectivity index (χ0v) is 13.0. The van der Waals surface area contributed by atoms with Crippen molar-refractivity contribution in [3.05, 3.63) is 34.6 Å². The lowest BCUT2D eigenvalue weighted by molar-refractivity contribution is 0.181. The van der Waals surface area contributed by atoms with Gasteiger partial charge in [-0.25, -0.2) is 13.4 Å². The van der Waals surface area contributed by atoms with Crippen molar-refractivity contribution in [3.8, 4) is 0 Å². The summed E-state index contributed by atoms with van der Waals surface area (Å²) in [5, 5.41) is 6.68. The van der Waals surface area contributed by atoms with E-state index in [1.54, 1.807) is 23.6 Å². The summed E-state index contributed by atoms with van der Waals surface area (Å²) in [6, 6.07) is 1.58. The quantitative estimate of drug-likeness (QED) is 0.807. The van der Waals surface area contributed by atoms with Gasteiger partial charge in [0.25, 0.3) is 0 Å². The van der Waals surface area contributed by atoms with Crippen molar-refractivity contribution in [3.63, 3.8) is 0 Å². The van der Waals surface area contributed by atoms with E-state index >= 15 is 0 Å². The van der Waals surface area contributed by atoms with E-state index in [1.807, 2.05) is 5.38 Å². The highest BCUT2D eigenvalue weighted by atomic mass is 32.2. The van der Waals surface area contributed by atoms with Crippen LogP contribution in [-0.4, -0.2) is 53.9 Å². The van der Waals surface area contributed by atoms with Crippen molar-refractivity contribution < 1.29 is 12.9 Å². The lowest BCUT2D eigenvalue weighted by atomic mass is 10.3. The minimum Gasteiger partial charge on any atom is -0.364 e. The Balaban J connectivity index is 1.55. The fourth-order valence-corrected chi connectivity index (χ4v) is 4.36. The minimum atomic E-state index is -3.32. The Labute approximate surface area is 127 Å². The molecule has 3 heterocycles. The van der Waals surface area contributed by atoms with Gasteiger partial charge >= 0.3 is 0 Å². The van der Waals surface area contributed by atoms with Gasteiger partial charge in [0, 0.05) is 43.8 Å². The normalized spacial score (nSPS) is 18.1. The molecule has 1 saturated heterocycles. The highest BCUT2D eigenvalue weighted by Gasteiger charge is 2.28. The van der Waals surface area contributed by atoms with E-state index in [9.17, 15) is 8.42 Å². The Hall–Kier alpha value is -1.29. The third kappa shape index (κ3) is 3.67. The minimum absolute atomic E-state index is 0.101. The van der Waals surface area contributed by atoms with E-state index in [4.69, 9.17) is 0 Å². The van der Waals surface area contributed by atoms with Gasteiger partial charge in [0.05, 0.1) is 12.2 Å². The molecule has 0 radical (unpaired) electrons. The molecule has 1 fully saturated rings. The van der Waals surface area contributed by atoms with Gasteiger partial charge in [-0.1, -0.05) is 5.16 Å². The second-order valence-electron chi connectivity index (χ2n) is 4.85. The molecule has 0 bridgehead atoms. The van der Waals surface area contributed by atoms with E-state index in [1.165, 1.54) is 10.6 Å². The number of aromatic nitrogens is 2. The van der Waals surface area contributed by atoms with Crippen LogP contribution in [-0.2, 0) is 22.3 Å². The summed E-state index contributed by atoms with van der Waals surface area (Å²) in [6.45, 7) is 3.24. The Morgan fingerprint density at radius 2 is 2.10 bits per heavy atom. The second kappa shape index (κ2) is 6.22. The summed E-state index contributed by atoms with van der Waals surface area (Å²) in [6.07, 6.45) is 3.18. The molecule has 1 aliphatic heterocycles. The highest BCUT2D eigenvalue weighted by molar-refractivity contribution is 7.88. The number of thiazole rings is 1. The molecular formula is C12H16N4O3S2. The molecule has 0 atom stereocenters. The van der Waals surface area contributed by atoms with E-state index in [-0.39, 0.29) is 5.75 Å². The van der Waals surface area contributed by atoms with Crippen molar-refractivity contribution in [1.82, 2.24) is 19.3 Å². The van der Waals surface area contributed by atoms with E-state index in [0.717, 1.165) is 24.6 Å². The topological polar surface area (TPSA) is 79.5 Å². The molecule has 0 amide bonds. The first-order valence-electron chi connectivity index (χ1n) is 6.61. The molecule has 0 spiro atoms. The van der Waals surface area contributed by atoms with Crippen molar-refractivity contribution in [1.29, 1.82) is 0 Å². The Bertz CT molecular complexity index is 647. The number of hydrogen-bond acceptors (Lipinski definition) is 7. The molecular weight excluding hydrogens is 312 g/mol. The highest BCUT2D eigenvalue weighted by Crippen LogP contribution is 2.15. The van der Waals surface area contributed by atoms with Crippen LogP contribution in [0.25, 0.3) is 0 Å². The predicted molar refractivity (Wildman–Crippen MR) is 78.1 cm³/mol. The van der Waals surface area contributed by atoms with Gasteiger partial charge in [-0.05, 0) is 0 Å². The summed E-state index contributed by atoms with van der Waals surface area (Å²) in [5.74, 6) is -0.101. The molecule has 1 aliphatic rings. The first-order chi connectivity index (χ1) is 10.1. The van der Waals surface area contributed by atoms with Gasteiger partial charge in [0.15, 0.2) is 0 Å². The molecule has 21 heavy (non-hydrogen) atoms. The van der Waals surface area contributed by atoms with Crippen LogP contribution < -0.4 is 0 Å². The molecule has 0 unspecified atom stereocenters. The number of piperazine rings is 1. The van der Waals surface area contributed by atoms with E-state index in [2.05, 4.69) is 19.6 Å². The van der Waals surface area contributed by atoms with Gasteiger partial charge in [-0.3, -0.25) is 4.90 Å². The van der Waals surface area contributed by atoms with E-state index < -0.39 is 10.0 Å². The fourth-order valence-electron chi connectivity index (χ4n) is 2.28. The molecule has 0 N–H and O–H groups in total. The SMILES string of the molecule is O=S(=O)(Cc1ccon1)N1CCN(Cc2nccs2)CC1.